The van der Waals surface area contributed by atoms with Crippen molar-refractivity contribution < 1.29 is 9.32 Å². The van der Waals surface area contributed by atoms with Crippen LogP contribution in [0.1, 0.15) is 27.4 Å². The molecular weight excluding hydrogens is 402 g/mol. The Morgan fingerprint density at radius 1 is 1.06 bits per heavy atom. The smallest absolute Gasteiger partial charge is 0.256 e. The van der Waals surface area contributed by atoms with Crippen LogP contribution < -0.4 is 5.32 Å². The number of hydrogen-bond acceptors (Lipinski definition) is 5. The van der Waals surface area contributed by atoms with Gasteiger partial charge in [0.1, 0.15) is 5.69 Å². The van der Waals surface area contributed by atoms with Crippen molar-refractivity contribution in [3.8, 4) is 11.3 Å². The van der Waals surface area contributed by atoms with Crippen molar-refractivity contribution in [1.29, 1.82) is 0 Å². The number of carbonyl (C=O) groups excluding carboxylic acids is 1. The topological polar surface area (TPSA) is 85.8 Å². The molecule has 0 saturated carbocycles. The third-order valence-electron chi connectivity index (χ3n) is 5.38. The average Bonchev–Trinajstić information content (AvgIpc) is 3.37. The highest BCUT2D eigenvalue weighted by Gasteiger charge is 2.21. The first-order valence-corrected chi connectivity index (χ1v) is 10.3. The summed E-state index contributed by atoms with van der Waals surface area (Å²) in [5.41, 5.74) is 5.16. The Balaban J connectivity index is 1.54. The third kappa shape index (κ3) is 3.65. The summed E-state index contributed by atoms with van der Waals surface area (Å²) in [6, 6.07) is 21.5. The van der Waals surface area contributed by atoms with Gasteiger partial charge in [-0.3, -0.25) is 9.48 Å². The number of anilines is 1. The summed E-state index contributed by atoms with van der Waals surface area (Å²) < 4.78 is 7.12. The minimum absolute atomic E-state index is 0.261. The number of nitrogens with zero attached hydrogens (tertiary/aromatic N) is 4. The minimum atomic E-state index is -0.261. The highest BCUT2D eigenvalue weighted by molar-refractivity contribution is 6.13. The van der Waals surface area contributed by atoms with Crippen molar-refractivity contribution in [2.75, 3.05) is 5.32 Å². The van der Waals surface area contributed by atoms with Crippen LogP contribution in [0.2, 0.25) is 0 Å². The monoisotopic (exact) mass is 423 g/mol. The zero-order valence-electron chi connectivity index (χ0n) is 17.7. The number of pyridine rings is 1. The summed E-state index contributed by atoms with van der Waals surface area (Å²) in [6.07, 6.45) is 2.06. The fourth-order valence-electron chi connectivity index (χ4n) is 3.84. The average molecular weight is 423 g/mol. The van der Waals surface area contributed by atoms with Crippen LogP contribution in [0.4, 0.5) is 5.69 Å². The molecule has 7 heteroatoms. The molecule has 0 spiro atoms. The van der Waals surface area contributed by atoms with E-state index in [9.17, 15) is 4.79 Å². The first-order valence-electron chi connectivity index (χ1n) is 10.3. The van der Waals surface area contributed by atoms with E-state index in [2.05, 4.69) is 15.6 Å². The molecule has 0 aliphatic heterocycles. The molecule has 1 N–H and O–H groups in total. The number of nitrogens with one attached hydrogen (secondary N) is 1. The second kappa shape index (κ2) is 8.11. The van der Waals surface area contributed by atoms with Crippen molar-refractivity contribution in [1.82, 2.24) is 19.9 Å². The molecule has 0 atom stereocenters. The quantitative estimate of drug-likeness (QED) is 0.440. The summed E-state index contributed by atoms with van der Waals surface area (Å²) in [7, 11) is 1.83. The molecule has 0 unspecified atom stereocenters. The van der Waals surface area contributed by atoms with Gasteiger partial charge in [0.15, 0.2) is 11.4 Å². The maximum absolute atomic E-state index is 13.4. The molecule has 0 saturated heterocycles. The Kier molecular flexibility index (Phi) is 4.99. The fourth-order valence-corrected chi connectivity index (χ4v) is 3.84. The van der Waals surface area contributed by atoms with Crippen LogP contribution in [-0.2, 0) is 13.5 Å². The second-order valence-electron chi connectivity index (χ2n) is 7.61. The van der Waals surface area contributed by atoms with E-state index in [0.717, 1.165) is 22.2 Å². The van der Waals surface area contributed by atoms with Gasteiger partial charge in [0.05, 0.1) is 28.5 Å². The molecule has 3 aromatic heterocycles. The van der Waals surface area contributed by atoms with Gasteiger partial charge in [-0.25, -0.2) is 4.98 Å². The van der Waals surface area contributed by atoms with E-state index >= 15 is 0 Å². The largest absolute Gasteiger partial charge is 0.359 e. The second-order valence-corrected chi connectivity index (χ2v) is 7.61. The number of benzene rings is 2. The van der Waals surface area contributed by atoms with Gasteiger partial charge >= 0.3 is 0 Å². The lowest BCUT2D eigenvalue weighted by Crippen LogP contribution is -2.14. The van der Waals surface area contributed by atoms with Gasteiger partial charge in [-0.15, -0.1) is 0 Å². The number of hydrogen-bond donors (Lipinski definition) is 1. The maximum Gasteiger partial charge on any atom is 0.256 e. The fraction of sp³-hybridized carbons (Fsp3) is 0.120. The molecule has 0 radical (unpaired) electrons. The summed E-state index contributed by atoms with van der Waals surface area (Å²) in [5.74, 6) is 0.337. The van der Waals surface area contributed by atoms with Gasteiger partial charge in [-0.05, 0) is 18.6 Å². The van der Waals surface area contributed by atoms with Crippen LogP contribution in [0.3, 0.4) is 0 Å². The molecule has 5 aromatic rings. The zero-order valence-corrected chi connectivity index (χ0v) is 17.7. The van der Waals surface area contributed by atoms with Gasteiger partial charge in [-0.1, -0.05) is 65.8 Å². The van der Waals surface area contributed by atoms with E-state index in [1.807, 2.05) is 80.7 Å². The molecule has 7 nitrogen and oxygen atoms in total. The lowest BCUT2D eigenvalue weighted by Gasteiger charge is -2.09. The van der Waals surface area contributed by atoms with E-state index in [1.54, 1.807) is 4.68 Å². The zero-order chi connectivity index (χ0) is 22.1. The summed E-state index contributed by atoms with van der Waals surface area (Å²) in [4.78, 5) is 18.2. The number of fused-ring (bicyclic) bond motifs is 1. The molecule has 0 aliphatic carbocycles. The van der Waals surface area contributed by atoms with Gasteiger partial charge in [0.2, 0.25) is 0 Å². The van der Waals surface area contributed by atoms with Crippen molar-refractivity contribution in [3.05, 3.63) is 95.5 Å². The van der Waals surface area contributed by atoms with Crippen LogP contribution in [-0.4, -0.2) is 25.8 Å². The van der Waals surface area contributed by atoms with Crippen molar-refractivity contribution >= 4 is 22.6 Å². The number of carbonyl (C=O) groups is 1. The lowest BCUT2D eigenvalue weighted by atomic mass is 10.0. The molecule has 2 aromatic carbocycles. The predicted octanol–water partition coefficient (Wildman–Crippen LogP) is 4.77. The molecule has 158 valence electrons. The Hall–Kier alpha value is -4.26. The van der Waals surface area contributed by atoms with Crippen molar-refractivity contribution in [2.24, 2.45) is 7.05 Å². The number of aryl methyl sites for hydroxylation is 2. The summed E-state index contributed by atoms with van der Waals surface area (Å²) in [6.45, 7) is 1.88. The molecule has 1 amide bonds. The van der Waals surface area contributed by atoms with E-state index < -0.39 is 0 Å². The highest BCUT2D eigenvalue weighted by atomic mass is 16.5. The third-order valence-corrected chi connectivity index (χ3v) is 5.38. The van der Waals surface area contributed by atoms with Crippen LogP contribution in [0.25, 0.3) is 22.3 Å². The standard InChI is InChI=1S/C25H21N5O2/c1-16-23-19(14-20(18-11-7-4-8-12-18)27-24(23)30(2)29-16)25(31)28-21-15-26-32-22(21)13-17-9-5-3-6-10-17/h3-12,14-15H,13H2,1-2H3,(H,28,31). The summed E-state index contributed by atoms with van der Waals surface area (Å²) >= 11 is 0. The molecule has 0 fully saturated rings. The molecule has 32 heavy (non-hydrogen) atoms. The lowest BCUT2D eigenvalue weighted by molar-refractivity contribution is 0.102. The maximum atomic E-state index is 13.4. The number of amides is 1. The van der Waals surface area contributed by atoms with Crippen LogP contribution in [0, 0.1) is 6.92 Å². The first kappa shape index (κ1) is 19.7. The minimum Gasteiger partial charge on any atom is -0.359 e. The van der Waals surface area contributed by atoms with Crippen molar-refractivity contribution in [3.63, 3.8) is 0 Å². The normalized spacial score (nSPS) is 11.1. The number of aromatic nitrogens is 4. The van der Waals surface area contributed by atoms with Crippen LogP contribution in [0.15, 0.2) is 77.4 Å². The van der Waals surface area contributed by atoms with Gasteiger partial charge < -0.3 is 9.84 Å². The van der Waals surface area contributed by atoms with Gasteiger partial charge in [0, 0.05) is 19.0 Å². The first-order chi connectivity index (χ1) is 15.6. The molecular formula is C25H21N5O2. The van der Waals surface area contributed by atoms with Crippen molar-refractivity contribution in [2.45, 2.75) is 13.3 Å². The van der Waals surface area contributed by atoms with Crippen LogP contribution >= 0.6 is 0 Å². The van der Waals surface area contributed by atoms with E-state index in [1.165, 1.54) is 6.20 Å². The number of rotatable bonds is 5. The summed E-state index contributed by atoms with van der Waals surface area (Å²) in [5, 5.41) is 12.1. The Bertz CT molecular complexity index is 1400. The Morgan fingerprint density at radius 2 is 1.78 bits per heavy atom. The predicted molar refractivity (Wildman–Crippen MR) is 122 cm³/mol. The van der Waals surface area contributed by atoms with E-state index in [0.29, 0.717) is 34.8 Å². The Labute approximate surface area is 184 Å². The van der Waals surface area contributed by atoms with Gasteiger partial charge in [0.25, 0.3) is 5.91 Å². The molecule has 0 bridgehead atoms. The highest BCUT2D eigenvalue weighted by Crippen LogP contribution is 2.28. The van der Waals surface area contributed by atoms with Gasteiger partial charge in [-0.2, -0.15) is 5.10 Å². The molecule has 0 aliphatic rings. The SMILES string of the molecule is Cc1nn(C)c2nc(-c3ccccc3)cc(C(=O)Nc3cnoc3Cc3ccccc3)c12. The van der Waals surface area contributed by atoms with E-state index in [-0.39, 0.29) is 5.91 Å². The molecule has 5 rings (SSSR count). The van der Waals surface area contributed by atoms with E-state index in [4.69, 9.17) is 9.51 Å². The van der Waals surface area contributed by atoms with Crippen LogP contribution in [0.5, 0.6) is 0 Å². The molecule has 3 heterocycles. The Morgan fingerprint density at radius 3 is 2.53 bits per heavy atom.